The number of sulfone groups is 1. The molecule has 4 aromatic rings. The van der Waals surface area contributed by atoms with Gasteiger partial charge in [-0.3, -0.25) is 0 Å². The highest BCUT2D eigenvalue weighted by Crippen LogP contribution is 2.50. The van der Waals surface area contributed by atoms with Gasteiger partial charge >= 0.3 is 5.97 Å². The number of aliphatic hydroxyl groups is 3. The minimum atomic E-state index is -4.27. The number of benzene rings is 4. The second-order valence-electron chi connectivity index (χ2n) is 22.7. The average Bonchev–Trinajstić information content (AvgIpc) is 3.72. The molecule has 0 radical (unpaired) electrons. The van der Waals surface area contributed by atoms with Gasteiger partial charge in [0.1, 0.15) is 23.1 Å². The summed E-state index contributed by atoms with van der Waals surface area (Å²) in [7, 11) is -7.36. The van der Waals surface area contributed by atoms with Crippen LogP contribution in [0.1, 0.15) is 111 Å². The molecule has 394 valence electrons. The van der Waals surface area contributed by atoms with E-state index in [1.54, 1.807) is 30.3 Å². The molecule has 4 aliphatic rings. The highest BCUT2D eigenvalue weighted by molar-refractivity contribution is 7.92. The second kappa shape index (κ2) is 22.5. The lowest BCUT2D eigenvalue weighted by atomic mass is 9.66. The van der Waals surface area contributed by atoms with Gasteiger partial charge in [0, 0.05) is 31.8 Å². The van der Waals surface area contributed by atoms with Crippen molar-refractivity contribution in [2.24, 2.45) is 23.7 Å². The Balaban J connectivity index is 1.07. The monoisotopic (exact) mass is 1030 g/mol. The summed E-state index contributed by atoms with van der Waals surface area (Å²) in [6.07, 6.45) is 3.03. The van der Waals surface area contributed by atoms with E-state index in [9.17, 15) is 28.5 Å². The normalized spacial score (nSPS) is 30.9. The van der Waals surface area contributed by atoms with Crippen molar-refractivity contribution >= 4 is 34.5 Å². The molecule has 3 heterocycles. The van der Waals surface area contributed by atoms with E-state index in [4.69, 9.17) is 23.4 Å². The van der Waals surface area contributed by atoms with Crippen molar-refractivity contribution in [2.75, 3.05) is 13.2 Å². The Bertz CT molecular complexity index is 2600. The summed E-state index contributed by atoms with van der Waals surface area (Å²) >= 11 is 0. The number of aliphatic hydroxyl groups excluding tert-OH is 2. The smallest absolute Gasteiger partial charge is 0.338 e. The Hall–Kier alpha value is -4.28. The Morgan fingerprint density at radius 1 is 0.863 bits per heavy atom. The van der Waals surface area contributed by atoms with Crippen LogP contribution in [0.15, 0.2) is 150 Å². The van der Waals surface area contributed by atoms with Crippen LogP contribution in [0.3, 0.4) is 0 Å². The van der Waals surface area contributed by atoms with Crippen molar-refractivity contribution in [3.63, 3.8) is 0 Å². The molecule has 4 aromatic carbocycles. The van der Waals surface area contributed by atoms with E-state index in [0.717, 1.165) is 22.4 Å². The minimum Gasteiger partial charge on any atom is -0.458 e. The number of carbonyl (C=O) groups excluding carboxylic acids is 1. The van der Waals surface area contributed by atoms with Crippen LogP contribution in [0.2, 0.25) is 5.04 Å². The van der Waals surface area contributed by atoms with Crippen LogP contribution in [0.25, 0.3) is 0 Å². The molecule has 3 N–H and O–H groups in total. The summed E-state index contributed by atoms with van der Waals surface area (Å²) in [5.41, 5.74) is -0.0981. The number of allylic oxidation sites excluding steroid dienone is 1. The molecule has 11 nitrogen and oxygen atoms in total. The van der Waals surface area contributed by atoms with Gasteiger partial charge in [-0.15, -0.1) is 0 Å². The van der Waals surface area contributed by atoms with E-state index in [1.165, 1.54) is 18.2 Å². The zero-order valence-corrected chi connectivity index (χ0v) is 45.7. The molecular formula is C60H78O11SSi. The van der Waals surface area contributed by atoms with Gasteiger partial charge < -0.3 is 38.7 Å². The number of hydrogen-bond acceptors (Lipinski definition) is 11. The van der Waals surface area contributed by atoms with E-state index in [2.05, 4.69) is 65.0 Å². The van der Waals surface area contributed by atoms with Gasteiger partial charge in [0.25, 0.3) is 8.32 Å². The van der Waals surface area contributed by atoms with Crippen LogP contribution in [-0.2, 0) is 33.2 Å². The maximum Gasteiger partial charge on any atom is 0.338 e. The maximum absolute atomic E-state index is 14.9. The van der Waals surface area contributed by atoms with Crippen LogP contribution < -0.4 is 10.4 Å². The minimum absolute atomic E-state index is 0.0325. The van der Waals surface area contributed by atoms with Gasteiger partial charge in [-0.05, 0) is 103 Å². The molecule has 2 unspecified atom stereocenters. The molecule has 1 aliphatic carbocycles. The Morgan fingerprint density at radius 2 is 1.45 bits per heavy atom. The fourth-order valence-corrected chi connectivity index (χ4v) is 18.6. The van der Waals surface area contributed by atoms with E-state index >= 15 is 0 Å². The summed E-state index contributed by atoms with van der Waals surface area (Å²) < 4.78 is 63.1. The number of fused-ring (bicyclic) bond motifs is 1. The lowest BCUT2D eigenvalue weighted by molar-refractivity contribution is -0.331. The number of ether oxygens (including phenoxy) is 4. The third kappa shape index (κ3) is 11.5. The van der Waals surface area contributed by atoms with Crippen molar-refractivity contribution in [1.29, 1.82) is 0 Å². The molecule has 0 bridgehead atoms. The van der Waals surface area contributed by atoms with E-state index < -0.39 is 71.0 Å². The zero-order chi connectivity index (χ0) is 52.3. The first-order valence-electron chi connectivity index (χ1n) is 26.4. The Kier molecular flexibility index (Phi) is 16.9. The van der Waals surface area contributed by atoms with Gasteiger partial charge in [-0.2, -0.15) is 0 Å². The standard InChI is InChI=1S/C60H78O11SSi/c1-40(29-30-48-36-49(69-57(63)45-21-13-9-14-22-45)37-59(71-48)32-31-41(2)44(5)70-59)33-42(3)54(61)53(72(65,66)50-23-15-10-16-24-50)35-47-38-67-56-55(62)43(4)34-46(60(47,56)64)39-68-73(58(6,7)8,51-25-17-11-18-26-51)52-27-19-12-20-28-52/h9-29,35,41-44,46,48-49,53-56,61-62,64H,30-34,36-39H2,1-8H3/b40-29+,47-35+/t41-,42+,43-,44+,46-,48+,49-,53?,54?,55+,56+,59-,60-/m0/s1. The maximum atomic E-state index is 14.9. The lowest BCUT2D eigenvalue weighted by Crippen LogP contribution is -2.68. The molecule has 3 aliphatic heterocycles. The first-order chi connectivity index (χ1) is 34.7. The van der Waals surface area contributed by atoms with Crippen molar-refractivity contribution < 1.29 is 51.9 Å². The number of carbonyl (C=O) groups is 1. The largest absolute Gasteiger partial charge is 0.458 e. The highest BCUT2D eigenvalue weighted by Gasteiger charge is 2.61. The van der Waals surface area contributed by atoms with Crippen LogP contribution in [-0.4, -0.2) is 104 Å². The molecule has 8 rings (SSSR count). The van der Waals surface area contributed by atoms with Crippen molar-refractivity contribution in [3.8, 4) is 0 Å². The van der Waals surface area contributed by atoms with Crippen LogP contribution >= 0.6 is 0 Å². The van der Waals surface area contributed by atoms with E-state index in [-0.39, 0.29) is 47.2 Å². The lowest BCUT2D eigenvalue weighted by Gasteiger charge is -2.49. The number of esters is 1. The molecule has 1 spiro atoms. The first kappa shape index (κ1) is 55.0. The Morgan fingerprint density at radius 3 is 2.04 bits per heavy atom. The molecule has 4 fully saturated rings. The quantitative estimate of drug-likeness (QED) is 0.0559. The van der Waals surface area contributed by atoms with Crippen molar-refractivity contribution in [1.82, 2.24) is 0 Å². The fraction of sp³-hybridized carbons (Fsp3) is 0.517. The number of rotatable bonds is 16. The van der Waals surface area contributed by atoms with Gasteiger partial charge in [-0.25, -0.2) is 13.2 Å². The van der Waals surface area contributed by atoms with E-state index in [0.29, 0.717) is 55.6 Å². The van der Waals surface area contributed by atoms with Gasteiger partial charge in [-0.1, -0.05) is 156 Å². The third-order valence-electron chi connectivity index (χ3n) is 16.5. The third-order valence-corrected chi connectivity index (χ3v) is 23.5. The van der Waals surface area contributed by atoms with Crippen LogP contribution in [0.5, 0.6) is 0 Å². The molecular weight excluding hydrogens is 957 g/mol. The van der Waals surface area contributed by atoms with Crippen molar-refractivity contribution in [2.45, 2.75) is 164 Å². The van der Waals surface area contributed by atoms with Gasteiger partial charge in [0.15, 0.2) is 15.6 Å². The summed E-state index contributed by atoms with van der Waals surface area (Å²) in [6, 6.07) is 37.6. The highest BCUT2D eigenvalue weighted by atomic mass is 32.2. The van der Waals surface area contributed by atoms with E-state index in [1.807, 2.05) is 75.4 Å². The zero-order valence-electron chi connectivity index (χ0n) is 43.9. The average molecular weight is 1040 g/mol. The molecule has 1 saturated carbocycles. The van der Waals surface area contributed by atoms with Crippen LogP contribution in [0.4, 0.5) is 0 Å². The summed E-state index contributed by atoms with van der Waals surface area (Å²) in [5.74, 6) is -2.34. The van der Waals surface area contributed by atoms with Gasteiger partial charge in [0.2, 0.25) is 0 Å². The van der Waals surface area contributed by atoms with Crippen LogP contribution in [0, 0.1) is 23.7 Å². The predicted octanol–water partition coefficient (Wildman–Crippen LogP) is 9.14. The summed E-state index contributed by atoms with van der Waals surface area (Å²) in [6.45, 7) is 16.5. The molecule has 13 atom stereocenters. The summed E-state index contributed by atoms with van der Waals surface area (Å²) in [5, 5.41) is 37.8. The second-order valence-corrected chi connectivity index (χ2v) is 29.1. The molecule has 73 heavy (non-hydrogen) atoms. The molecule has 0 amide bonds. The molecule has 0 aromatic heterocycles. The molecule has 3 saturated heterocycles. The van der Waals surface area contributed by atoms with Gasteiger partial charge in [0.05, 0.1) is 41.5 Å². The number of hydrogen-bond donors (Lipinski definition) is 3. The van der Waals surface area contributed by atoms with Crippen molar-refractivity contribution in [3.05, 3.63) is 150 Å². The topological polar surface area (TPSA) is 158 Å². The summed E-state index contributed by atoms with van der Waals surface area (Å²) in [4.78, 5) is 13.3. The first-order valence-corrected chi connectivity index (χ1v) is 29.9. The fourth-order valence-electron chi connectivity index (χ4n) is 12.2. The Labute approximate surface area is 435 Å². The molecule has 13 heteroatoms. The SMILES string of the molecule is C/C(=C\C[C@@H]1C[C@H](OC(=O)c2ccccc2)C[C@]2(CC[C@H](C)[C@@H](C)O2)O1)C[C@@H](C)C(O)C(/C=C1\CO[C@@H]2[C@H](O)[C@@H](C)C[C@@H](CO[Si](c3ccccc3)(c3ccccc3)C(C)(C)C)[C@]12O)S(=O)(=O)c1ccccc1. The predicted molar refractivity (Wildman–Crippen MR) is 287 cm³/mol.